The van der Waals surface area contributed by atoms with Crippen LogP contribution in [0.15, 0.2) is 17.6 Å². The van der Waals surface area contributed by atoms with Crippen LogP contribution in [0.1, 0.15) is 39.4 Å². The molecule has 132 valence electrons. The SMILES string of the molecule is CCc1csc(CNC(=O)c2cnn3c(C(F)(F)F)cc(C)nc23)n1. The maximum absolute atomic E-state index is 13.1. The Kier molecular flexibility index (Phi) is 4.46. The molecule has 25 heavy (non-hydrogen) atoms. The molecule has 0 saturated carbocycles. The molecule has 0 aromatic carbocycles. The van der Waals surface area contributed by atoms with E-state index in [0.29, 0.717) is 4.52 Å². The Morgan fingerprint density at radius 2 is 2.12 bits per heavy atom. The molecule has 3 aromatic rings. The van der Waals surface area contributed by atoms with Crippen LogP contribution in [0.5, 0.6) is 0 Å². The molecule has 0 aliphatic heterocycles. The Balaban J connectivity index is 1.88. The van der Waals surface area contributed by atoms with E-state index in [1.807, 2.05) is 12.3 Å². The molecule has 3 aromatic heterocycles. The lowest BCUT2D eigenvalue weighted by Crippen LogP contribution is -2.23. The van der Waals surface area contributed by atoms with Gasteiger partial charge in [-0.05, 0) is 19.4 Å². The largest absolute Gasteiger partial charge is 0.433 e. The number of halogens is 3. The molecular formula is C15H14F3N5OS. The minimum atomic E-state index is -4.59. The first-order valence-corrected chi connectivity index (χ1v) is 8.31. The fourth-order valence-corrected chi connectivity index (χ4v) is 3.11. The van der Waals surface area contributed by atoms with Crippen molar-refractivity contribution in [3.8, 4) is 0 Å². The number of fused-ring (bicyclic) bond motifs is 1. The third-order valence-corrected chi connectivity index (χ3v) is 4.39. The molecule has 0 spiro atoms. The van der Waals surface area contributed by atoms with Gasteiger partial charge in [0.2, 0.25) is 0 Å². The van der Waals surface area contributed by atoms with Crippen molar-refractivity contribution < 1.29 is 18.0 Å². The molecule has 0 bridgehead atoms. The van der Waals surface area contributed by atoms with E-state index in [0.717, 1.165) is 29.4 Å². The van der Waals surface area contributed by atoms with Gasteiger partial charge in [0.1, 0.15) is 16.3 Å². The van der Waals surface area contributed by atoms with Crippen molar-refractivity contribution in [1.82, 2.24) is 24.9 Å². The van der Waals surface area contributed by atoms with Gasteiger partial charge in [-0.2, -0.15) is 18.3 Å². The number of aromatic nitrogens is 4. The average molecular weight is 369 g/mol. The van der Waals surface area contributed by atoms with Crippen LogP contribution in [-0.2, 0) is 19.1 Å². The average Bonchev–Trinajstić information content (AvgIpc) is 3.17. The van der Waals surface area contributed by atoms with Crippen molar-refractivity contribution in [2.75, 3.05) is 0 Å². The van der Waals surface area contributed by atoms with Crippen LogP contribution in [0.4, 0.5) is 13.2 Å². The van der Waals surface area contributed by atoms with Crippen molar-refractivity contribution in [3.05, 3.63) is 45.3 Å². The predicted molar refractivity (Wildman–Crippen MR) is 85.4 cm³/mol. The monoisotopic (exact) mass is 369 g/mol. The smallest absolute Gasteiger partial charge is 0.345 e. The molecule has 3 heterocycles. The third-order valence-electron chi connectivity index (χ3n) is 3.50. The summed E-state index contributed by atoms with van der Waals surface area (Å²) < 4.78 is 40.0. The maximum atomic E-state index is 13.1. The van der Waals surface area contributed by atoms with Gasteiger partial charge in [0.25, 0.3) is 5.91 Å². The maximum Gasteiger partial charge on any atom is 0.433 e. The molecule has 0 fully saturated rings. The van der Waals surface area contributed by atoms with Crippen LogP contribution in [0.2, 0.25) is 0 Å². The Labute approximate surface area is 144 Å². The number of aryl methyl sites for hydroxylation is 2. The van der Waals surface area contributed by atoms with Crippen LogP contribution >= 0.6 is 11.3 Å². The molecular weight excluding hydrogens is 355 g/mol. The van der Waals surface area contributed by atoms with E-state index in [2.05, 4.69) is 20.4 Å². The molecule has 1 amide bonds. The second-order valence-electron chi connectivity index (χ2n) is 5.34. The summed E-state index contributed by atoms with van der Waals surface area (Å²) in [5.41, 5.74) is -0.0273. The van der Waals surface area contributed by atoms with E-state index in [4.69, 9.17) is 0 Å². The van der Waals surface area contributed by atoms with E-state index < -0.39 is 17.8 Å². The Hall–Kier alpha value is -2.49. The molecule has 0 unspecified atom stereocenters. The van der Waals surface area contributed by atoms with Crippen LogP contribution in [0.25, 0.3) is 5.65 Å². The van der Waals surface area contributed by atoms with E-state index in [1.165, 1.54) is 18.3 Å². The van der Waals surface area contributed by atoms with Gasteiger partial charge in [-0.1, -0.05) is 6.92 Å². The van der Waals surface area contributed by atoms with Crippen LogP contribution < -0.4 is 5.32 Å². The standard InChI is InChI=1S/C15H14F3N5OS/c1-3-9-7-25-12(22-9)6-19-14(24)10-5-20-23-11(15(16,17)18)4-8(2)21-13(10)23/h4-5,7H,3,6H2,1-2H3,(H,19,24). The summed E-state index contributed by atoms with van der Waals surface area (Å²) in [6.45, 7) is 3.60. The number of thiazole rings is 1. The number of alkyl halides is 3. The summed E-state index contributed by atoms with van der Waals surface area (Å²) >= 11 is 1.41. The lowest BCUT2D eigenvalue weighted by molar-refractivity contribution is -0.142. The highest BCUT2D eigenvalue weighted by Crippen LogP contribution is 2.30. The highest BCUT2D eigenvalue weighted by Gasteiger charge is 2.35. The van der Waals surface area contributed by atoms with Crippen molar-refractivity contribution >= 4 is 22.9 Å². The van der Waals surface area contributed by atoms with Gasteiger partial charge in [0, 0.05) is 11.1 Å². The van der Waals surface area contributed by atoms with Gasteiger partial charge in [-0.3, -0.25) is 4.79 Å². The number of hydrogen-bond acceptors (Lipinski definition) is 5. The second kappa shape index (κ2) is 6.43. The predicted octanol–water partition coefficient (Wildman–Crippen LogP) is 3.01. The molecule has 1 N–H and O–H groups in total. The fraction of sp³-hybridized carbons (Fsp3) is 0.333. The van der Waals surface area contributed by atoms with Gasteiger partial charge in [0.05, 0.1) is 18.4 Å². The van der Waals surface area contributed by atoms with E-state index in [9.17, 15) is 18.0 Å². The first kappa shape index (κ1) is 17.3. The minimum absolute atomic E-state index is 0.0125. The first-order valence-electron chi connectivity index (χ1n) is 7.43. The Morgan fingerprint density at radius 1 is 1.36 bits per heavy atom. The molecule has 6 nitrogen and oxygen atoms in total. The third kappa shape index (κ3) is 3.48. The lowest BCUT2D eigenvalue weighted by Gasteiger charge is -2.09. The summed E-state index contributed by atoms with van der Waals surface area (Å²) in [7, 11) is 0. The zero-order valence-electron chi connectivity index (χ0n) is 13.4. The summed E-state index contributed by atoms with van der Waals surface area (Å²) in [6, 6.07) is 0.892. The highest BCUT2D eigenvalue weighted by molar-refractivity contribution is 7.09. The van der Waals surface area contributed by atoms with E-state index in [-0.39, 0.29) is 23.4 Å². The summed E-state index contributed by atoms with van der Waals surface area (Å²) in [5, 5.41) is 8.95. The number of nitrogens with one attached hydrogen (secondary N) is 1. The quantitative estimate of drug-likeness (QED) is 0.767. The molecule has 10 heteroatoms. The van der Waals surface area contributed by atoms with Gasteiger partial charge in [-0.15, -0.1) is 11.3 Å². The molecule has 3 rings (SSSR count). The van der Waals surface area contributed by atoms with E-state index in [1.54, 1.807) is 0 Å². The van der Waals surface area contributed by atoms with Crippen LogP contribution in [0.3, 0.4) is 0 Å². The molecule has 0 saturated heterocycles. The van der Waals surface area contributed by atoms with Crippen molar-refractivity contribution in [2.45, 2.75) is 33.0 Å². The summed E-state index contributed by atoms with van der Waals surface area (Å²) in [4.78, 5) is 20.7. The molecule has 0 atom stereocenters. The first-order chi connectivity index (χ1) is 11.8. The Morgan fingerprint density at radius 3 is 2.76 bits per heavy atom. The second-order valence-corrected chi connectivity index (χ2v) is 6.29. The van der Waals surface area contributed by atoms with Crippen molar-refractivity contribution in [1.29, 1.82) is 0 Å². The van der Waals surface area contributed by atoms with Crippen molar-refractivity contribution in [3.63, 3.8) is 0 Å². The molecule has 0 aliphatic carbocycles. The van der Waals surface area contributed by atoms with Crippen molar-refractivity contribution in [2.24, 2.45) is 0 Å². The van der Waals surface area contributed by atoms with E-state index >= 15 is 0 Å². The van der Waals surface area contributed by atoms with Gasteiger partial charge >= 0.3 is 6.18 Å². The fourth-order valence-electron chi connectivity index (χ4n) is 2.29. The number of carbonyl (C=O) groups is 1. The number of carbonyl (C=O) groups excluding carboxylic acids is 1. The zero-order valence-corrected chi connectivity index (χ0v) is 14.2. The Bertz CT molecular complexity index is 931. The van der Waals surface area contributed by atoms with Crippen LogP contribution in [-0.4, -0.2) is 25.5 Å². The number of hydrogen-bond donors (Lipinski definition) is 1. The minimum Gasteiger partial charge on any atom is -0.345 e. The number of nitrogens with zero attached hydrogens (tertiary/aromatic N) is 4. The highest BCUT2D eigenvalue weighted by atomic mass is 32.1. The van der Waals surface area contributed by atoms with Crippen LogP contribution in [0, 0.1) is 6.92 Å². The topological polar surface area (TPSA) is 72.2 Å². The van der Waals surface area contributed by atoms with Gasteiger partial charge < -0.3 is 5.32 Å². The summed E-state index contributed by atoms with van der Waals surface area (Å²) in [5.74, 6) is -0.547. The zero-order chi connectivity index (χ0) is 18.2. The normalized spacial score (nSPS) is 11.9. The summed E-state index contributed by atoms with van der Waals surface area (Å²) in [6.07, 6.45) is -2.71. The van der Waals surface area contributed by atoms with Gasteiger partial charge in [-0.25, -0.2) is 14.5 Å². The number of amides is 1. The van der Waals surface area contributed by atoms with Gasteiger partial charge in [0.15, 0.2) is 5.65 Å². The molecule has 0 aliphatic rings. The lowest BCUT2D eigenvalue weighted by atomic mass is 10.3. The number of rotatable bonds is 4. The molecule has 0 radical (unpaired) electrons.